The van der Waals surface area contributed by atoms with Crippen molar-refractivity contribution in [1.82, 2.24) is 10.6 Å². The maximum absolute atomic E-state index is 12.2. The maximum atomic E-state index is 12.2. The third-order valence-corrected chi connectivity index (χ3v) is 3.95. The number of nitrogens with zero attached hydrogens (tertiary/aromatic N) is 1. The molecule has 22 heavy (non-hydrogen) atoms. The second-order valence-corrected chi connectivity index (χ2v) is 5.51. The number of carbonyl (C=O) groups is 2. The molecule has 120 valence electrons. The van der Waals surface area contributed by atoms with Gasteiger partial charge >= 0.3 is 0 Å². The van der Waals surface area contributed by atoms with Gasteiger partial charge in [0.1, 0.15) is 5.75 Å². The fraction of sp³-hybridized carbons (Fsp3) is 0.500. The van der Waals surface area contributed by atoms with Crippen molar-refractivity contribution in [1.29, 1.82) is 0 Å². The summed E-state index contributed by atoms with van der Waals surface area (Å²) in [6, 6.07) is 7.55. The quantitative estimate of drug-likeness (QED) is 0.814. The number of anilines is 1. The lowest BCUT2D eigenvalue weighted by atomic mass is 10.1. The zero-order chi connectivity index (χ0) is 16.1. The number of rotatable bonds is 6. The monoisotopic (exact) mass is 305 g/mol. The summed E-state index contributed by atoms with van der Waals surface area (Å²) in [7, 11) is 3.42. The van der Waals surface area contributed by atoms with Crippen LogP contribution in [0, 0.1) is 5.92 Å². The Morgan fingerprint density at radius 1 is 1.45 bits per heavy atom. The maximum Gasteiger partial charge on any atom is 0.227 e. The number of methoxy groups -OCH3 is 1. The molecule has 0 spiro atoms. The van der Waals surface area contributed by atoms with Gasteiger partial charge in [0.05, 0.1) is 18.7 Å². The average molecular weight is 305 g/mol. The van der Waals surface area contributed by atoms with E-state index in [0.717, 1.165) is 0 Å². The van der Waals surface area contributed by atoms with Crippen molar-refractivity contribution in [3.63, 3.8) is 0 Å². The smallest absolute Gasteiger partial charge is 0.227 e. The minimum atomic E-state index is -0.318. The lowest BCUT2D eigenvalue weighted by Gasteiger charge is -2.19. The molecule has 0 aliphatic carbocycles. The van der Waals surface area contributed by atoms with Crippen LogP contribution in [0.5, 0.6) is 5.75 Å². The predicted octanol–water partition coefficient (Wildman–Crippen LogP) is 0.772. The molecule has 1 aliphatic heterocycles. The van der Waals surface area contributed by atoms with Crippen LogP contribution in [0.25, 0.3) is 0 Å². The van der Waals surface area contributed by atoms with E-state index in [2.05, 4.69) is 10.6 Å². The molecule has 0 radical (unpaired) electrons. The van der Waals surface area contributed by atoms with E-state index in [4.69, 9.17) is 4.74 Å². The fourth-order valence-electron chi connectivity index (χ4n) is 2.47. The van der Waals surface area contributed by atoms with Gasteiger partial charge in [-0.15, -0.1) is 0 Å². The van der Waals surface area contributed by atoms with Crippen LogP contribution in [0.15, 0.2) is 24.3 Å². The van der Waals surface area contributed by atoms with Gasteiger partial charge in [0.15, 0.2) is 0 Å². The Hall–Kier alpha value is -2.08. The van der Waals surface area contributed by atoms with Gasteiger partial charge in [-0.2, -0.15) is 0 Å². The van der Waals surface area contributed by atoms with Gasteiger partial charge in [-0.25, -0.2) is 0 Å². The molecule has 2 rings (SSSR count). The summed E-state index contributed by atoms with van der Waals surface area (Å²) in [6.45, 7) is 2.93. The van der Waals surface area contributed by atoms with E-state index in [1.54, 1.807) is 12.0 Å². The number of benzene rings is 1. The van der Waals surface area contributed by atoms with Gasteiger partial charge in [-0.1, -0.05) is 12.1 Å². The van der Waals surface area contributed by atoms with Crippen LogP contribution in [0.3, 0.4) is 0 Å². The number of hydrogen-bond donors (Lipinski definition) is 2. The minimum Gasteiger partial charge on any atom is -0.495 e. The highest BCUT2D eigenvalue weighted by Gasteiger charge is 2.36. The van der Waals surface area contributed by atoms with E-state index in [-0.39, 0.29) is 30.2 Å². The molecule has 1 saturated heterocycles. The van der Waals surface area contributed by atoms with Gasteiger partial charge < -0.3 is 20.3 Å². The number of carbonyl (C=O) groups excluding carboxylic acids is 2. The highest BCUT2D eigenvalue weighted by molar-refractivity contribution is 6.01. The summed E-state index contributed by atoms with van der Waals surface area (Å²) in [6.07, 6.45) is 0.234. The zero-order valence-corrected chi connectivity index (χ0v) is 13.3. The van der Waals surface area contributed by atoms with E-state index in [1.165, 1.54) is 0 Å². The first-order valence-corrected chi connectivity index (χ1v) is 7.45. The Bertz CT molecular complexity index is 547. The Balaban J connectivity index is 2.03. The van der Waals surface area contributed by atoms with Crippen LogP contribution in [0.1, 0.15) is 13.3 Å². The summed E-state index contributed by atoms with van der Waals surface area (Å²) in [4.78, 5) is 26.1. The van der Waals surface area contributed by atoms with Gasteiger partial charge in [-0.3, -0.25) is 9.59 Å². The van der Waals surface area contributed by atoms with Crippen molar-refractivity contribution in [2.45, 2.75) is 19.4 Å². The van der Waals surface area contributed by atoms with Gasteiger partial charge in [0.2, 0.25) is 11.8 Å². The standard InChI is InChI=1S/C16H23N3O3/c1-11(17-2)9-18-16(21)12-8-15(20)19(10-12)13-6-4-5-7-14(13)22-3/h4-7,11-12,17H,8-10H2,1-3H3,(H,18,21). The van der Waals surface area contributed by atoms with E-state index >= 15 is 0 Å². The summed E-state index contributed by atoms with van der Waals surface area (Å²) in [5, 5.41) is 5.95. The lowest BCUT2D eigenvalue weighted by molar-refractivity contribution is -0.126. The Labute approximate surface area is 130 Å². The number of hydrogen-bond acceptors (Lipinski definition) is 4. The van der Waals surface area contributed by atoms with Crippen molar-refractivity contribution >= 4 is 17.5 Å². The molecule has 1 heterocycles. The summed E-state index contributed by atoms with van der Waals surface area (Å²) in [5.74, 6) is 0.196. The molecule has 6 heteroatoms. The van der Waals surface area contributed by atoms with E-state index in [9.17, 15) is 9.59 Å². The van der Waals surface area contributed by atoms with Crippen LogP contribution in [-0.2, 0) is 9.59 Å². The van der Waals surface area contributed by atoms with E-state index in [1.807, 2.05) is 38.2 Å². The number of para-hydroxylation sites is 2. The number of ether oxygens (including phenoxy) is 1. The first kappa shape index (κ1) is 16.3. The largest absolute Gasteiger partial charge is 0.495 e. The van der Waals surface area contributed by atoms with Crippen LogP contribution in [0.2, 0.25) is 0 Å². The van der Waals surface area contributed by atoms with Crippen LogP contribution in [-0.4, -0.2) is 45.1 Å². The molecule has 2 unspecified atom stereocenters. The second kappa shape index (κ2) is 7.26. The summed E-state index contributed by atoms with van der Waals surface area (Å²) >= 11 is 0. The molecular formula is C16H23N3O3. The van der Waals surface area contributed by atoms with Crippen LogP contribution in [0.4, 0.5) is 5.69 Å². The Morgan fingerprint density at radius 2 is 2.18 bits per heavy atom. The number of amides is 2. The third-order valence-electron chi connectivity index (χ3n) is 3.95. The molecule has 1 aliphatic rings. The van der Waals surface area contributed by atoms with Crippen LogP contribution >= 0.6 is 0 Å². The lowest BCUT2D eigenvalue weighted by Crippen LogP contribution is -2.40. The molecule has 1 fully saturated rings. The molecular weight excluding hydrogens is 282 g/mol. The molecule has 1 aromatic carbocycles. The first-order chi connectivity index (χ1) is 10.6. The van der Waals surface area contributed by atoms with Gasteiger partial charge in [0, 0.05) is 25.6 Å². The van der Waals surface area contributed by atoms with Crippen molar-refractivity contribution in [2.24, 2.45) is 5.92 Å². The first-order valence-electron chi connectivity index (χ1n) is 7.45. The second-order valence-electron chi connectivity index (χ2n) is 5.51. The Kier molecular flexibility index (Phi) is 5.38. The molecule has 0 aromatic heterocycles. The third kappa shape index (κ3) is 3.57. The normalized spacial score (nSPS) is 19.1. The van der Waals surface area contributed by atoms with Gasteiger partial charge in [0.25, 0.3) is 0 Å². The summed E-state index contributed by atoms with van der Waals surface area (Å²) in [5.41, 5.74) is 0.717. The SMILES string of the molecule is CNC(C)CNC(=O)C1CC(=O)N(c2ccccc2OC)C1. The highest BCUT2D eigenvalue weighted by atomic mass is 16.5. The molecule has 2 N–H and O–H groups in total. The highest BCUT2D eigenvalue weighted by Crippen LogP contribution is 2.32. The van der Waals surface area contributed by atoms with E-state index < -0.39 is 0 Å². The van der Waals surface area contributed by atoms with Crippen molar-refractivity contribution in [3.05, 3.63) is 24.3 Å². The Morgan fingerprint density at radius 3 is 2.86 bits per heavy atom. The van der Waals surface area contributed by atoms with Crippen molar-refractivity contribution < 1.29 is 14.3 Å². The topological polar surface area (TPSA) is 70.7 Å². The molecule has 1 aromatic rings. The molecule has 0 bridgehead atoms. The van der Waals surface area contributed by atoms with Crippen molar-refractivity contribution in [2.75, 3.05) is 32.1 Å². The number of likely N-dealkylation sites (N-methyl/N-ethyl adjacent to an activating group) is 1. The van der Waals surface area contributed by atoms with Crippen molar-refractivity contribution in [3.8, 4) is 5.75 Å². The predicted molar refractivity (Wildman–Crippen MR) is 85.0 cm³/mol. The van der Waals surface area contributed by atoms with E-state index in [0.29, 0.717) is 24.5 Å². The fourth-order valence-corrected chi connectivity index (χ4v) is 2.47. The van der Waals surface area contributed by atoms with Gasteiger partial charge in [-0.05, 0) is 26.1 Å². The minimum absolute atomic E-state index is 0.0497. The summed E-state index contributed by atoms with van der Waals surface area (Å²) < 4.78 is 5.29. The molecule has 2 amide bonds. The average Bonchev–Trinajstić information content (AvgIpc) is 2.93. The number of nitrogens with one attached hydrogen (secondary N) is 2. The van der Waals surface area contributed by atoms with Crippen LogP contribution < -0.4 is 20.3 Å². The molecule has 6 nitrogen and oxygen atoms in total. The zero-order valence-electron chi connectivity index (χ0n) is 13.3. The molecule has 0 saturated carbocycles. The molecule has 2 atom stereocenters.